The molecule has 0 aromatic carbocycles. The SMILES string of the molecule is C=C[C@@H]1CN2CC[C@@H]1C[C@H]2CNC(=O)NC1CCCCC1. The van der Waals surface area contributed by atoms with Crippen molar-refractivity contribution in [3.8, 4) is 0 Å². The van der Waals surface area contributed by atoms with Gasteiger partial charge in [0.05, 0.1) is 0 Å². The lowest BCUT2D eigenvalue weighted by molar-refractivity contribution is 0.0207. The van der Waals surface area contributed by atoms with Crippen molar-refractivity contribution in [2.24, 2.45) is 11.8 Å². The third-order valence-electron chi connectivity index (χ3n) is 5.67. The van der Waals surface area contributed by atoms with E-state index >= 15 is 0 Å². The normalized spacial score (nSPS) is 36.2. The molecule has 4 aliphatic rings. The van der Waals surface area contributed by atoms with Crippen molar-refractivity contribution < 1.29 is 4.79 Å². The maximum absolute atomic E-state index is 12.0. The molecule has 2 amide bonds. The van der Waals surface area contributed by atoms with Crippen molar-refractivity contribution in [1.29, 1.82) is 0 Å². The first kappa shape index (κ1) is 14.9. The van der Waals surface area contributed by atoms with E-state index in [4.69, 9.17) is 0 Å². The standard InChI is InChI=1S/C17H29N3O/c1-2-13-12-20-9-8-14(13)10-16(20)11-18-17(21)19-15-6-4-3-5-7-15/h2,13-16H,1,3-12H2,(H2,18,19,21)/t13-,14-,16+/m1/s1. The number of urea groups is 1. The van der Waals surface area contributed by atoms with Crippen molar-refractivity contribution in [2.45, 2.75) is 57.0 Å². The molecule has 2 N–H and O–H groups in total. The summed E-state index contributed by atoms with van der Waals surface area (Å²) in [6.45, 7) is 7.07. The van der Waals surface area contributed by atoms with E-state index in [1.807, 2.05) is 0 Å². The Hall–Kier alpha value is -1.03. The Labute approximate surface area is 128 Å². The highest BCUT2D eigenvalue weighted by Crippen LogP contribution is 2.36. The van der Waals surface area contributed by atoms with E-state index in [0.717, 1.165) is 31.8 Å². The number of nitrogens with one attached hydrogen (secondary N) is 2. The van der Waals surface area contributed by atoms with Crippen molar-refractivity contribution >= 4 is 6.03 Å². The van der Waals surface area contributed by atoms with Crippen LogP contribution in [-0.4, -0.2) is 42.6 Å². The van der Waals surface area contributed by atoms with E-state index in [-0.39, 0.29) is 6.03 Å². The van der Waals surface area contributed by atoms with E-state index < -0.39 is 0 Å². The predicted molar refractivity (Wildman–Crippen MR) is 85.2 cm³/mol. The fourth-order valence-corrected chi connectivity index (χ4v) is 4.35. The lowest BCUT2D eigenvalue weighted by atomic mass is 9.75. The average Bonchev–Trinajstić information content (AvgIpc) is 2.54. The van der Waals surface area contributed by atoms with E-state index in [2.05, 4.69) is 28.2 Å². The number of nitrogens with zero attached hydrogens (tertiary/aromatic N) is 1. The number of piperidine rings is 3. The molecule has 2 bridgehead atoms. The van der Waals surface area contributed by atoms with E-state index in [0.29, 0.717) is 18.0 Å². The number of carbonyl (C=O) groups is 1. The lowest BCUT2D eigenvalue weighted by Gasteiger charge is -2.49. The van der Waals surface area contributed by atoms with Gasteiger partial charge in [-0.15, -0.1) is 6.58 Å². The van der Waals surface area contributed by atoms with E-state index in [1.54, 1.807) is 0 Å². The molecule has 4 nitrogen and oxygen atoms in total. The van der Waals surface area contributed by atoms with Crippen LogP contribution >= 0.6 is 0 Å². The van der Waals surface area contributed by atoms with Crippen LogP contribution in [-0.2, 0) is 0 Å². The van der Waals surface area contributed by atoms with Gasteiger partial charge in [0.25, 0.3) is 0 Å². The molecule has 4 atom stereocenters. The number of hydrogen-bond acceptors (Lipinski definition) is 2. The summed E-state index contributed by atoms with van der Waals surface area (Å²) in [5.41, 5.74) is 0. The molecule has 0 aromatic rings. The molecular formula is C17H29N3O. The lowest BCUT2D eigenvalue weighted by Crippen LogP contribution is -2.57. The molecule has 0 radical (unpaired) electrons. The quantitative estimate of drug-likeness (QED) is 0.782. The van der Waals surface area contributed by atoms with Gasteiger partial charge in [0.2, 0.25) is 0 Å². The summed E-state index contributed by atoms with van der Waals surface area (Å²) in [5.74, 6) is 1.44. The molecule has 4 fully saturated rings. The van der Waals surface area contributed by atoms with Gasteiger partial charge >= 0.3 is 6.03 Å². The maximum Gasteiger partial charge on any atom is 0.315 e. The van der Waals surface area contributed by atoms with Gasteiger partial charge in [-0.1, -0.05) is 25.3 Å². The molecule has 1 unspecified atom stereocenters. The molecule has 4 rings (SSSR count). The van der Waals surface area contributed by atoms with Gasteiger partial charge in [-0.3, -0.25) is 4.90 Å². The van der Waals surface area contributed by atoms with Crippen molar-refractivity contribution in [3.63, 3.8) is 0 Å². The third kappa shape index (κ3) is 3.60. The van der Waals surface area contributed by atoms with Gasteiger partial charge < -0.3 is 10.6 Å². The summed E-state index contributed by atoms with van der Waals surface area (Å²) in [6.07, 6.45) is 10.7. The minimum absolute atomic E-state index is 0.0322. The fourth-order valence-electron chi connectivity index (χ4n) is 4.35. The first-order valence-corrected chi connectivity index (χ1v) is 8.67. The Morgan fingerprint density at radius 1 is 1.24 bits per heavy atom. The van der Waals surface area contributed by atoms with Gasteiger partial charge in [-0.25, -0.2) is 4.79 Å². The maximum atomic E-state index is 12.0. The van der Waals surface area contributed by atoms with Crippen LogP contribution < -0.4 is 10.6 Å². The highest BCUT2D eigenvalue weighted by atomic mass is 16.2. The van der Waals surface area contributed by atoms with Crippen LogP contribution in [0.5, 0.6) is 0 Å². The second-order valence-corrected chi connectivity index (χ2v) is 7.02. The van der Waals surface area contributed by atoms with E-state index in [1.165, 1.54) is 38.6 Å². The Bertz CT molecular complexity index is 378. The molecule has 3 heterocycles. The summed E-state index contributed by atoms with van der Waals surface area (Å²) < 4.78 is 0. The van der Waals surface area contributed by atoms with Gasteiger partial charge in [0.1, 0.15) is 0 Å². The molecule has 0 spiro atoms. The number of hydrogen-bond donors (Lipinski definition) is 2. The monoisotopic (exact) mass is 291 g/mol. The largest absolute Gasteiger partial charge is 0.337 e. The zero-order valence-electron chi connectivity index (χ0n) is 13.0. The first-order chi connectivity index (χ1) is 10.3. The Morgan fingerprint density at radius 3 is 2.71 bits per heavy atom. The molecule has 4 heteroatoms. The number of rotatable bonds is 4. The minimum Gasteiger partial charge on any atom is -0.337 e. The molecule has 1 aliphatic carbocycles. The van der Waals surface area contributed by atoms with Gasteiger partial charge in [0.15, 0.2) is 0 Å². The van der Waals surface area contributed by atoms with E-state index in [9.17, 15) is 4.79 Å². The van der Waals surface area contributed by atoms with Crippen molar-refractivity contribution in [1.82, 2.24) is 15.5 Å². The van der Waals surface area contributed by atoms with Crippen molar-refractivity contribution in [3.05, 3.63) is 12.7 Å². The summed E-state index contributed by atoms with van der Waals surface area (Å²) in [6, 6.07) is 0.953. The highest BCUT2D eigenvalue weighted by Gasteiger charge is 2.38. The average molecular weight is 291 g/mol. The fraction of sp³-hybridized carbons (Fsp3) is 0.824. The molecule has 118 valence electrons. The highest BCUT2D eigenvalue weighted by molar-refractivity contribution is 5.74. The van der Waals surface area contributed by atoms with Crippen LogP contribution in [0.3, 0.4) is 0 Å². The third-order valence-corrected chi connectivity index (χ3v) is 5.67. The molecular weight excluding hydrogens is 262 g/mol. The topological polar surface area (TPSA) is 44.4 Å². The van der Waals surface area contributed by atoms with Crippen LogP contribution in [0.1, 0.15) is 44.9 Å². The zero-order chi connectivity index (χ0) is 14.7. The Morgan fingerprint density at radius 2 is 2.05 bits per heavy atom. The van der Waals surface area contributed by atoms with Crippen molar-refractivity contribution in [2.75, 3.05) is 19.6 Å². The van der Waals surface area contributed by atoms with Crippen LogP contribution in [0.4, 0.5) is 4.79 Å². The second-order valence-electron chi connectivity index (χ2n) is 7.02. The summed E-state index contributed by atoms with van der Waals surface area (Å²) in [7, 11) is 0. The van der Waals surface area contributed by atoms with Gasteiger partial charge in [0, 0.05) is 25.2 Å². The molecule has 0 aromatic heterocycles. The molecule has 1 saturated carbocycles. The summed E-state index contributed by atoms with van der Waals surface area (Å²) >= 11 is 0. The van der Waals surface area contributed by atoms with Crippen LogP contribution in [0.2, 0.25) is 0 Å². The smallest absolute Gasteiger partial charge is 0.315 e. The number of carbonyl (C=O) groups excluding carboxylic acids is 1. The van der Waals surface area contributed by atoms with Gasteiger partial charge in [-0.2, -0.15) is 0 Å². The molecule has 21 heavy (non-hydrogen) atoms. The first-order valence-electron chi connectivity index (χ1n) is 8.67. The number of fused-ring (bicyclic) bond motifs is 3. The predicted octanol–water partition coefficient (Wildman–Crippen LogP) is 2.51. The van der Waals surface area contributed by atoms with Crippen LogP contribution in [0.15, 0.2) is 12.7 Å². The van der Waals surface area contributed by atoms with Gasteiger partial charge in [-0.05, 0) is 44.1 Å². The summed E-state index contributed by atoms with van der Waals surface area (Å²) in [4.78, 5) is 14.6. The Balaban J connectivity index is 1.41. The molecule has 3 saturated heterocycles. The summed E-state index contributed by atoms with van der Waals surface area (Å²) in [5, 5.41) is 6.24. The zero-order valence-corrected chi connectivity index (χ0v) is 13.0. The minimum atomic E-state index is 0.0322. The molecule has 3 aliphatic heterocycles. The Kier molecular flexibility index (Phi) is 4.84. The van der Waals surface area contributed by atoms with Crippen LogP contribution in [0, 0.1) is 11.8 Å². The second kappa shape index (κ2) is 6.82. The van der Waals surface area contributed by atoms with Crippen LogP contribution in [0.25, 0.3) is 0 Å². The number of amides is 2.